The lowest BCUT2D eigenvalue weighted by molar-refractivity contribution is -0.895. The number of aryl methyl sites for hydroxylation is 1. The average molecular weight is 365 g/mol. The summed E-state index contributed by atoms with van der Waals surface area (Å²) in [7, 11) is 0. The van der Waals surface area contributed by atoms with Gasteiger partial charge in [-0.15, -0.1) is 0 Å². The van der Waals surface area contributed by atoms with E-state index in [0.29, 0.717) is 38.3 Å². The molecule has 26 heavy (non-hydrogen) atoms. The maximum atomic E-state index is 12.4. The largest absolute Gasteiger partial charge is 0.450 e. The maximum Gasteiger partial charge on any atom is 0.410 e. The van der Waals surface area contributed by atoms with Crippen LogP contribution in [-0.4, -0.2) is 61.2 Å². The zero-order valence-electron chi connectivity index (χ0n) is 15.3. The second-order valence-corrected chi connectivity index (χ2v) is 6.32. The number of nitrogens with one attached hydrogen (secondary N) is 2. The summed E-state index contributed by atoms with van der Waals surface area (Å²) in [4.78, 5) is 37.4. The summed E-state index contributed by atoms with van der Waals surface area (Å²) in [6.07, 6.45) is -0.331. The number of quaternary nitrogens is 1. The summed E-state index contributed by atoms with van der Waals surface area (Å²) in [5.74, 6) is -0.276. The molecule has 0 spiro atoms. The molecule has 0 saturated carbocycles. The molecular formula is C17H25N4O5+. The van der Waals surface area contributed by atoms with Gasteiger partial charge in [-0.3, -0.25) is 19.8 Å². The first kappa shape index (κ1) is 19.6. The number of carbonyl (C=O) groups is 2. The van der Waals surface area contributed by atoms with Crippen molar-refractivity contribution in [1.82, 2.24) is 4.90 Å². The number of amides is 2. The number of nitrogens with zero attached hydrogens (tertiary/aromatic N) is 2. The number of nitro groups is 1. The molecule has 1 saturated heterocycles. The van der Waals surface area contributed by atoms with Gasteiger partial charge in [-0.1, -0.05) is 6.07 Å². The minimum absolute atomic E-state index is 0.108. The van der Waals surface area contributed by atoms with E-state index >= 15 is 0 Å². The summed E-state index contributed by atoms with van der Waals surface area (Å²) in [5, 5.41) is 13.9. The van der Waals surface area contributed by atoms with Crippen molar-refractivity contribution < 1.29 is 24.1 Å². The number of carbonyl (C=O) groups excluding carboxylic acids is 2. The number of piperazine rings is 1. The van der Waals surface area contributed by atoms with Crippen molar-refractivity contribution in [3.8, 4) is 0 Å². The Labute approximate surface area is 152 Å². The number of benzene rings is 1. The van der Waals surface area contributed by atoms with Crippen LogP contribution in [0.15, 0.2) is 12.1 Å². The van der Waals surface area contributed by atoms with Crippen LogP contribution in [0, 0.1) is 24.0 Å². The van der Waals surface area contributed by atoms with Crippen LogP contribution in [0.3, 0.4) is 0 Å². The van der Waals surface area contributed by atoms with Gasteiger partial charge in [-0.05, 0) is 31.9 Å². The first-order chi connectivity index (χ1) is 12.3. The minimum Gasteiger partial charge on any atom is -0.450 e. The van der Waals surface area contributed by atoms with Crippen LogP contribution in [0.25, 0.3) is 0 Å². The van der Waals surface area contributed by atoms with Crippen LogP contribution >= 0.6 is 0 Å². The Kier molecular flexibility index (Phi) is 6.51. The van der Waals surface area contributed by atoms with E-state index in [1.165, 1.54) is 6.07 Å². The molecule has 1 fully saturated rings. The zero-order chi connectivity index (χ0) is 19.3. The fourth-order valence-corrected chi connectivity index (χ4v) is 2.92. The Morgan fingerprint density at radius 2 is 1.96 bits per heavy atom. The second-order valence-electron chi connectivity index (χ2n) is 6.32. The van der Waals surface area contributed by atoms with E-state index in [1.54, 1.807) is 24.8 Å². The molecule has 1 aliphatic rings. The second kappa shape index (κ2) is 8.61. The Hall–Kier alpha value is -2.68. The topological polar surface area (TPSA) is 106 Å². The summed E-state index contributed by atoms with van der Waals surface area (Å²) < 4.78 is 4.97. The molecule has 9 heteroatoms. The van der Waals surface area contributed by atoms with E-state index in [4.69, 9.17) is 4.74 Å². The van der Waals surface area contributed by atoms with Gasteiger partial charge < -0.3 is 15.0 Å². The molecule has 2 amide bonds. The Bertz CT molecular complexity index is 699. The molecule has 0 aliphatic carbocycles. The first-order valence-electron chi connectivity index (χ1n) is 8.63. The highest BCUT2D eigenvalue weighted by Gasteiger charge is 2.27. The van der Waals surface area contributed by atoms with Gasteiger partial charge in [0.25, 0.3) is 11.6 Å². The molecular weight excluding hydrogens is 340 g/mol. The van der Waals surface area contributed by atoms with Crippen molar-refractivity contribution in [2.45, 2.75) is 20.8 Å². The van der Waals surface area contributed by atoms with E-state index in [2.05, 4.69) is 5.32 Å². The molecule has 9 nitrogen and oxygen atoms in total. The van der Waals surface area contributed by atoms with Gasteiger partial charge in [0.15, 0.2) is 6.54 Å². The normalized spacial score (nSPS) is 14.8. The third-order valence-electron chi connectivity index (χ3n) is 4.58. The van der Waals surface area contributed by atoms with Crippen LogP contribution in [0.1, 0.15) is 18.1 Å². The number of ether oxygens (including phenoxy) is 1. The van der Waals surface area contributed by atoms with Gasteiger partial charge in [-0.2, -0.15) is 0 Å². The first-order valence-corrected chi connectivity index (χ1v) is 8.63. The number of anilines is 1. The molecule has 0 aromatic heterocycles. The fourth-order valence-electron chi connectivity index (χ4n) is 2.92. The highest BCUT2D eigenvalue weighted by atomic mass is 16.6. The van der Waals surface area contributed by atoms with Crippen LogP contribution < -0.4 is 10.2 Å². The fraction of sp³-hybridized carbons (Fsp3) is 0.529. The Morgan fingerprint density at radius 1 is 1.31 bits per heavy atom. The third-order valence-corrected chi connectivity index (χ3v) is 4.58. The molecule has 0 atom stereocenters. The van der Waals surface area contributed by atoms with E-state index in [9.17, 15) is 19.7 Å². The summed E-state index contributed by atoms with van der Waals surface area (Å²) >= 11 is 0. The minimum atomic E-state index is -0.493. The van der Waals surface area contributed by atoms with Gasteiger partial charge in [0.2, 0.25) is 0 Å². The van der Waals surface area contributed by atoms with Crippen molar-refractivity contribution >= 4 is 23.4 Å². The highest BCUT2D eigenvalue weighted by molar-refractivity contribution is 5.95. The van der Waals surface area contributed by atoms with Crippen molar-refractivity contribution in [3.63, 3.8) is 0 Å². The van der Waals surface area contributed by atoms with Crippen molar-refractivity contribution in [2.24, 2.45) is 0 Å². The number of hydrogen-bond acceptors (Lipinski definition) is 5. The highest BCUT2D eigenvalue weighted by Crippen LogP contribution is 2.29. The van der Waals surface area contributed by atoms with Crippen LogP contribution in [0.5, 0.6) is 0 Å². The van der Waals surface area contributed by atoms with Crippen molar-refractivity contribution in [1.29, 1.82) is 0 Å². The molecule has 1 aromatic carbocycles. The number of hydrogen-bond donors (Lipinski definition) is 2. The number of rotatable bonds is 5. The van der Waals surface area contributed by atoms with Crippen LogP contribution in [0.4, 0.5) is 16.2 Å². The van der Waals surface area contributed by atoms with Gasteiger partial charge >= 0.3 is 6.09 Å². The SMILES string of the molecule is CCOC(=O)N1CC[NH+](CC(=O)Nc2c([N+](=O)[O-])ccc(C)c2C)CC1. The predicted octanol–water partition coefficient (Wildman–Crippen LogP) is 0.507. The predicted molar refractivity (Wildman–Crippen MR) is 95.4 cm³/mol. The molecule has 1 aromatic rings. The maximum absolute atomic E-state index is 12.4. The Balaban J connectivity index is 1.95. The van der Waals surface area contributed by atoms with Crippen molar-refractivity contribution in [3.05, 3.63) is 33.4 Å². The standard InChI is InChI=1S/C17H24N4O5/c1-4-26-17(23)20-9-7-19(8-10-20)11-15(22)18-16-13(3)12(2)5-6-14(16)21(24)25/h5-6H,4,7-11H2,1-3H3,(H,18,22)/p+1. The monoisotopic (exact) mass is 365 g/mol. The molecule has 1 aliphatic heterocycles. The van der Waals surface area contributed by atoms with Gasteiger partial charge in [0, 0.05) is 6.07 Å². The molecule has 2 rings (SSSR count). The zero-order valence-corrected chi connectivity index (χ0v) is 15.3. The molecule has 0 unspecified atom stereocenters. The summed E-state index contributed by atoms with van der Waals surface area (Å²) in [6, 6.07) is 3.08. The average Bonchev–Trinajstić information content (AvgIpc) is 2.59. The molecule has 0 bridgehead atoms. The quantitative estimate of drug-likeness (QED) is 0.584. The van der Waals surface area contributed by atoms with Crippen LogP contribution in [-0.2, 0) is 9.53 Å². The molecule has 1 heterocycles. The van der Waals surface area contributed by atoms with Gasteiger partial charge in [0.1, 0.15) is 5.69 Å². The lowest BCUT2D eigenvalue weighted by atomic mass is 10.1. The lowest BCUT2D eigenvalue weighted by Gasteiger charge is -2.31. The smallest absolute Gasteiger partial charge is 0.410 e. The van der Waals surface area contributed by atoms with Crippen LogP contribution in [0.2, 0.25) is 0 Å². The van der Waals surface area contributed by atoms with Gasteiger partial charge in [0.05, 0.1) is 37.7 Å². The van der Waals surface area contributed by atoms with E-state index < -0.39 is 4.92 Å². The lowest BCUT2D eigenvalue weighted by Crippen LogP contribution is -3.15. The van der Waals surface area contributed by atoms with E-state index in [1.807, 2.05) is 6.92 Å². The summed E-state index contributed by atoms with van der Waals surface area (Å²) in [6.45, 7) is 8.18. The van der Waals surface area contributed by atoms with E-state index in [-0.39, 0.29) is 29.9 Å². The van der Waals surface area contributed by atoms with E-state index in [0.717, 1.165) is 10.5 Å². The number of nitro benzene ring substituents is 1. The Morgan fingerprint density at radius 3 is 2.54 bits per heavy atom. The molecule has 142 valence electrons. The third kappa shape index (κ3) is 4.69. The summed E-state index contributed by atoms with van der Waals surface area (Å²) in [5.41, 5.74) is 1.71. The molecule has 0 radical (unpaired) electrons. The molecule has 2 N–H and O–H groups in total. The van der Waals surface area contributed by atoms with Gasteiger partial charge in [-0.25, -0.2) is 4.79 Å². The van der Waals surface area contributed by atoms with Crippen molar-refractivity contribution in [2.75, 3.05) is 44.6 Å².